The Bertz CT molecular complexity index is 785. The van der Waals surface area contributed by atoms with E-state index >= 15 is 0 Å². The molecular weight excluding hydrogens is 296 g/mol. The summed E-state index contributed by atoms with van der Waals surface area (Å²) in [4.78, 5) is 9.83. The van der Waals surface area contributed by atoms with Gasteiger partial charge in [-0.2, -0.15) is 8.42 Å². The van der Waals surface area contributed by atoms with E-state index in [0.717, 1.165) is 0 Å². The number of hydrogen-bond donors (Lipinski definition) is 2. The lowest BCUT2D eigenvalue weighted by Gasteiger charge is -2.08. The van der Waals surface area contributed by atoms with Gasteiger partial charge in [-0.3, -0.25) is 14.7 Å². The molecule has 2 aromatic carbocycles. The minimum Gasteiger partial charge on any atom is -0.399 e. The second-order valence-electron chi connectivity index (χ2n) is 4.44. The number of non-ortho nitro benzene ring substituents is 1. The van der Waals surface area contributed by atoms with Crippen LogP contribution in [0.3, 0.4) is 0 Å². The maximum atomic E-state index is 11.3. The number of nitro groups is 1. The maximum Gasteiger partial charge on any atom is 0.294 e. The van der Waals surface area contributed by atoms with Crippen molar-refractivity contribution in [3.63, 3.8) is 0 Å². The maximum absolute atomic E-state index is 11.3. The van der Waals surface area contributed by atoms with E-state index in [1.165, 1.54) is 42.5 Å². The molecule has 0 amide bonds. The van der Waals surface area contributed by atoms with Gasteiger partial charge in [0.25, 0.3) is 15.8 Å². The zero-order valence-corrected chi connectivity index (χ0v) is 11.6. The van der Waals surface area contributed by atoms with Crippen LogP contribution in [0.15, 0.2) is 47.4 Å². The van der Waals surface area contributed by atoms with Crippen LogP contribution in [0.25, 0.3) is 0 Å². The van der Waals surface area contributed by atoms with Crippen molar-refractivity contribution in [2.75, 3.05) is 5.73 Å². The summed E-state index contributed by atoms with van der Waals surface area (Å²) in [7, 11) is -4.36. The van der Waals surface area contributed by atoms with E-state index in [4.69, 9.17) is 5.73 Å². The highest BCUT2D eigenvalue weighted by Crippen LogP contribution is 2.23. The molecule has 3 N–H and O–H groups in total. The first-order chi connectivity index (χ1) is 9.77. The lowest BCUT2D eigenvalue weighted by molar-refractivity contribution is -0.384. The van der Waals surface area contributed by atoms with Gasteiger partial charge in [0.15, 0.2) is 0 Å². The highest BCUT2D eigenvalue weighted by Gasteiger charge is 2.16. The molecule has 0 aliphatic rings. The fourth-order valence-electron chi connectivity index (χ4n) is 1.94. The molecule has 8 heteroatoms. The number of hydrogen-bond acceptors (Lipinski definition) is 5. The number of nitrogens with zero attached hydrogens (tertiary/aromatic N) is 1. The highest BCUT2D eigenvalue weighted by molar-refractivity contribution is 7.85. The fourth-order valence-corrected chi connectivity index (χ4v) is 2.65. The lowest BCUT2D eigenvalue weighted by Crippen LogP contribution is -2.05. The summed E-state index contributed by atoms with van der Waals surface area (Å²) in [6, 6.07) is 9.76. The minimum atomic E-state index is -4.36. The molecule has 110 valence electrons. The van der Waals surface area contributed by atoms with Crippen LogP contribution in [-0.2, 0) is 16.5 Å². The van der Waals surface area contributed by atoms with Gasteiger partial charge in [0.1, 0.15) is 0 Å². The van der Waals surface area contributed by atoms with Crippen LogP contribution in [0.2, 0.25) is 0 Å². The Morgan fingerprint density at radius 1 is 1.14 bits per heavy atom. The molecule has 0 bridgehead atoms. The Labute approximate surface area is 120 Å². The summed E-state index contributed by atoms with van der Waals surface area (Å²) in [5.41, 5.74) is 6.92. The quantitative estimate of drug-likeness (QED) is 0.385. The van der Waals surface area contributed by atoms with Gasteiger partial charge in [0, 0.05) is 17.8 Å². The Morgan fingerprint density at radius 2 is 1.76 bits per heavy atom. The molecule has 2 aromatic rings. The summed E-state index contributed by atoms with van der Waals surface area (Å²) < 4.78 is 31.8. The fraction of sp³-hybridized carbons (Fsp3) is 0.0769. The van der Waals surface area contributed by atoms with E-state index in [0.29, 0.717) is 16.8 Å². The molecule has 0 aliphatic heterocycles. The van der Waals surface area contributed by atoms with Crippen molar-refractivity contribution in [1.29, 1.82) is 0 Å². The third-order valence-electron chi connectivity index (χ3n) is 2.90. The summed E-state index contributed by atoms with van der Waals surface area (Å²) in [5.74, 6) is 0. The van der Waals surface area contributed by atoms with E-state index < -0.39 is 15.0 Å². The first-order valence-electron chi connectivity index (χ1n) is 5.86. The molecule has 0 spiro atoms. The number of nitrogen functional groups attached to an aromatic ring is 1. The summed E-state index contributed by atoms with van der Waals surface area (Å²) in [5, 5.41) is 10.6. The number of anilines is 1. The average molecular weight is 308 g/mol. The van der Waals surface area contributed by atoms with Gasteiger partial charge in [-0.15, -0.1) is 0 Å². The predicted octanol–water partition coefficient (Wildman–Crippen LogP) is 2.01. The molecule has 0 unspecified atom stereocenters. The highest BCUT2D eigenvalue weighted by atomic mass is 32.2. The van der Waals surface area contributed by atoms with E-state index in [2.05, 4.69) is 0 Å². The van der Waals surface area contributed by atoms with Gasteiger partial charge in [-0.1, -0.05) is 12.1 Å². The SMILES string of the molecule is Nc1ccc(S(=O)(=O)O)c(Cc2ccc([N+](=O)[O-])cc2)c1. The van der Waals surface area contributed by atoms with Crippen molar-refractivity contribution in [3.05, 3.63) is 63.7 Å². The van der Waals surface area contributed by atoms with Crippen LogP contribution in [0.5, 0.6) is 0 Å². The number of rotatable bonds is 4. The molecule has 0 saturated carbocycles. The third-order valence-corrected chi connectivity index (χ3v) is 3.86. The zero-order valence-electron chi connectivity index (χ0n) is 10.8. The van der Waals surface area contributed by atoms with Crippen molar-refractivity contribution in [2.24, 2.45) is 0 Å². The molecule has 0 fully saturated rings. The number of nitro benzene ring substituents is 1. The molecule has 0 aromatic heterocycles. The van der Waals surface area contributed by atoms with Crippen molar-refractivity contribution in [3.8, 4) is 0 Å². The van der Waals surface area contributed by atoms with Gasteiger partial charge >= 0.3 is 0 Å². The second-order valence-corrected chi connectivity index (χ2v) is 5.83. The Kier molecular flexibility index (Phi) is 3.92. The molecule has 0 atom stereocenters. The van der Waals surface area contributed by atoms with Crippen LogP contribution >= 0.6 is 0 Å². The summed E-state index contributed by atoms with van der Waals surface area (Å²) >= 11 is 0. The van der Waals surface area contributed by atoms with Crippen LogP contribution < -0.4 is 5.73 Å². The molecule has 2 rings (SSSR count). The van der Waals surface area contributed by atoms with Crippen LogP contribution in [0, 0.1) is 10.1 Å². The normalized spacial score (nSPS) is 11.3. The largest absolute Gasteiger partial charge is 0.399 e. The predicted molar refractivity (Wildman–Crippen MR) is 76.6 cm³/mol. The van der Waals surface area contributed by atoms with Crippen molar-refractivity contribution in [1.82, 2.24) is 0 Å². The summed E-state index contributed by atoms with van der Waals surface area (Å²) in [6.45, 7) is 0. The first-order valence-corrected chi connectivity index (χ1v) is 7.30. The smallest absolute Gasteiger partial charge is 0.294 e. The van der Waals surface area contributed by atoms with Crippen molar-refractivity contribution < 1.29 is 17.9 Å². The van der Waals surface area contributed by atoms with Crippen molar-refractivity contribution >= 4 is 21.5 Å². The molecule has 0 aliphatic carbocycles. The minimum absolute atomic E-state index is 0.0543. The van der Waals surface area contributed by atoms with E-state index in [1.807, 2.05) is 0 Å². The average Bonchev–Trinajstić information content (AvgIpc) is 2.38. The molecule has 0 radical (unpaired) electrons. The Balaban J connectivity index is 2.39. The lowest BCUT2D eigenvalue weighted by atomic mass is 10.0. The third kappa shape index (κ3) is 3.56. The van der Waals surface area contributed by atoms with Gasteiger partial charge in [0.2, 0.25) is 0 Å². The molecule has 21 heavy (non-hydrogen) atoms. The number of benzene rings is 2. The van der Waals surface area contributed by atoms with Gasteiger partial charge in [-0.05, 0) is 35.7 Å². The molecular formula is C13H12N2O5S. The number of nitrogens with two attached hydrogens (primary N) is 1. The molecule has 0 heterocycles. The Hall–Kier alpha value is -2.45. The molecule has 0 saturated heterocycles. The van der Waals surface area contributed by atoms with Crippen molar-refractivity contribution in [2.45, 2.75) is 11.3 Å². The van der Waals surface area contributed by atoms with E-state index in [9.17, 15) is 23.1 Å². The van der Waals surface area contributed by atoms with Gasteiger partial charge in [0.05, 0.1) is 9.82 Å². The van der Waals surface area contributed by atoms with E-state index in [1.54, 1.807) is 0 Å². The van der Waals surface area contributed by atoms with Gasteiger partial charge < -0.3 is 5.73 Å². The van der Waals surface area contributed by atoms with Crippen LogP contribution in [0.1, 0.15) is 11.1 Å². The summed E-state index contributed by atoms with van der Waals surface area (Å²) in [6.07, 6.45) is 0.179. The molecule has 7 nitrogen and oxygen atoms in total. The van der Waals surface area contributed by atoms with Crippen LogP contribution in [-0.4, -0.2) is 17.9 Å². The first kappa shape index (κ1) is 14.9. The van der Waals surface area contributed by atoms with Crippen LogP contribution in [0.4, 0.5) is 11.4 Å². The monoisotopic (exact) mass is 308 g/mol. The Morgan fingerprint density at radius 3 is 2.29 bits per heavy atom. The van der Waals surface area contributed by atoms with Gasteiger partial charge in [-0.25, -0.2) is 0 Å². The second kappa shape index (κ2) is 5.51. The topological polar surface area (TPSA) is 124 Å². The zero-order chi connectivity index (χ0) is 15.6. The standard InChI is InChI=1S/C13H12N2O5S/c14-11-3-6-13(21(18,19)20)10(8-11)7-9-1-4-12(5-2-9)15(16)17/h1-6,8H,7,14H2,(H,18,19,20). The van der Waals surface area contributed by atoms with E-state index in [-0.39, 0.29) is 17.0 Å².